The lowest BCUT2D eigenvalue weighted by Gasteiger charge is -2.32. The van der Waals surface area contributed by atoms with Crippen LogP contribution >= 0.6 is 0 Å². The van der Waals surface area contributed by atoms with Gasteiger partial charge in [0.2, 0.25) is 21.8 Å². The molecule has 7 nitrogen and oxygen atoms in total. The minimum atomic E-state index is -3.76. The molecule has 0 saturated carbocycles. The molecule has 0 radical (unpaired) electrons. The summed E-state index contributed by atoms with van der Waals surface area (Å²) in [5.74, 6) is -1.14. The Morgan fingerprint density at radius 2 is 1.69 bits per heavy atom. The molecule has 0 aromatic heterocycles. The lowest BCUT2D eigenvalue weighted by molar-refractivity contribution is -0.141. The molecule has 0 heterocycles. The maximum absolute atomic E-state index is 14.3. The Morgan fingerprint density at radius 1 is 1.06 bits per heavy atom. The molecule has 9 heteroatoms. The molecule has 2 rings (SSSR count). The van der Waals surface area contributed by atoms with Gasteiger partial charge in [-0.1, -0.05) is 43.3 Å². The number of benzene rings is 2. The quantitative estimate of drug-likeness (QED) is 0.472. The van der Waals surface area contributed by atoms with E-state index in [1.165, 1.54) is 18.2 Å². The van der Waals surface area contributed by atoms with Crippen molar-refractivity contribution in [1.29, 1.82) is 0 Å². The van der Waals surface area contributed by atoms with Crippen molar-refractivity contribution in [3.05, 3.63) is 65.5 Å². The van der Waals surface area contributed by atoms with Crippen LogP contribution in [0.15, 0.2) is 48.5 Å². The van der Waals surface area contributed by atoms with Crippen LogP contribution in [0.3, 0.4) is 0 Å². The summed E-state index contributed by atoms with van der Waals surface area (Å²) in [6.07, 6.45) is 1.63. The Morgan fingerprint density at radius 3 is 2.26 bits per heavy atom. The molecule has 0 bridgehead atoms. The van der Waals surface area contributed by atoms with Gasteiger partial charge in [-0.25, -0.2) is 12.8 Å². The topological polar surface area (TPSA) is 86.8 Å². The third-order valence-corrected chi connectivity index (χ3v) is 6.87. The number of aryl methyl sites for hydroxylation is 1. The fourth-order valence-electron chi connectivity index (χ4n) is 3.91. The highest BCUT2D eigenvalue weighted by Crippen LogP contribution is 2.23. The molecular weight excluding hydrogens is 469 g/mol. The molecule has 0 aliphatic carbocycles. The highest BCUT2D eigenvalue weighted by Gasteiger charge is 2.29. The van der Waals surface area contributed by atoms with E-state index in [1.807, 2.05) is 52.0 Å². The van der Waals surface area contributed by atoms with Gasteiger partial charge in [0.1, 0.15) is 11.9 Å². The number of carbonyl (C=O) groups excluding carboxylic acids is 2. The molecular formula is C26H36FN3O4S. The Labute approximate surface area is 208 Å². The smallest absolute Gasteiger partial charge is 0.243 e. The highest BCUT2D eigenvalue weighted by atomic mass is 32.2. The molecule has 2 amide bonds. The number of nitrogens with one attached hydrogen (secondary N) is 1. The van der Waals surface area contributed by atoms with Crippen LogP contribution in [0.4, 0.5) is 10.1 Å². The Bertz CT molecular complexity index is 1120. The van der Waals surface area contributed by atoms with E-state index in [1.54, 1.807) is 11.0 Å². The normalized spacial score (nSPS) is 12.3. The summed E-state index contributed by atoms with van der Waals surface area (Å²) in [6, 6.07) is 12.6. The number of para-hydroxylation sites is 1. The van der Waals surface area contributed by atoms with Crippen molar-refractivity contribution in [2.75, 3.05) is 17.1 Å². The molecule has 0 saturated heterocycles. The summed E-state index contributed by atoms with van der Waals surface area (Å²) in [7, 11) is -3.76. The second-order valence-electron chi connectivity index (χ2n) is 8.93. The van der Waals surface area contributed by atoms with Gasteiger partial charge in [0, 0.05) is 25.6 Å². The van der Waals surface area contributed by atoms with Gasteiger partial charge >= 0.3 is 0 Å². The van der Waals surface area contributed by atoms with Gasteiger partial charge in [-0.3, -0.25) is 13.9 Å². The summed E-state index contributed by atoms with van der Waals surface area (Å²) in [6.45, 7) is 7.73. The first kappa shape index (κ1) is 28.3. The fraction of sp³-hybridized carbons (Fsp3) is 0.462. The van der Waals surface area contributed by atoms with E-state index >= 15 is 0 Å². The van der Waals surface area contributed by atoms with Gasteiger partial charge in [-0.05, 0) is 56.9 Å². The van der Waals surface area contributed by atoms with E-state index in [0.717, 1.165) is 21.7 Å². The first-order valence-corrected chi connectivity index (χ1v) is 13.7. The predicted molar refractivity (Wildman–Crippen MR) is 137 cm³/mol. The Kier molecular flexibility index (Phi) is 10.2. The zero-order valence-corrected chi connectivity index (χ0v) is 21.9. The highest BCUT2D eigenvalue weighted by molar-refractivity contribution is 7.92. The Balaban J connectivity index is 2.24. The van der Waals surface area contributed by atoms with Crippen molar-refractivity contribution in [3.8, 4) is 0 Å². The molecule has 0 aliphatic rings. The van der Waals surface area contributed by atoms with Crippen LogP contribution in [0.2, 0.25) is 0 Å². The molecule has 0 spiro atoms. The molecule has 35 heavy (non-hydrogen) atoms. The summed E-state index contributed by atoms with van der Waals surface area (Å²) in [4.78, 5) is 27.9. The van der Waals surface area contributed by atoms with Crippen LogP contribution in [0.25, 0.3) is 0 Å². The standard InChI is InChI=1S/C26H36FN3O4S/c1-6-23(26(32)28-19(2)3)29(18-21-13-8-7-12-20(21)4)25(31)16-11-17-30(35(5,33)34)24-15-10-9-14-22(24)27/h7-10,12-15,19,23H,6,11,16-18H2,1-5H3,(H,28,32)/t23-/m0/s1. The molecule has 2 aromatic carbocycles. The maximum Gasteiger partial charge on any atom is 0.243 e. The lowest BCUT2D eigenvalue weighted by atomic mass is 10.0. The van der Waals surface area contributed by atoms with Crippen LogP contribution < -0.4 is 9.62 Å². The molecule has 2 aromatic rings. The number of hydrogen-bond donors (Lipinski definition) is 1. The number of hydrogen-bond acceptors (Lipinski definition) is 4. The number of rotatable bonds is 12. The SMILES string of the molecule is CC[C@@H](C(=O)NC(C)C)N(Cc1ccccc1C)C(=O)CCCN(c1ccccc1F)S(C)(=O)=O. The van der Waals surface area contributed by atoms with Crippen molar-refractivity contribution < 1.29 is 22.4 Å². The zero-order chi connectivity index (χ0) is 26.2. The molecule has 192 valence electrons. The molecule has 0 aliphatic heterocycles. The minimum absolute atomic E-state index is 0.0117. The molecule has 0 fully saturated rings. The second kappa shape index (κ2) is 12.7. The first-order valence-electron chi connectivity index (χ1n) is 11.8. The van der Waals surface area contributed by atoms with Crippen molar-refractivity contribution in [1.82, 2.24) is 10.2 Å². The second-order valence-corrected chi connectivity index (χ2v) is 10.8. The van der Waals surface area contributed by atoms with E-state index in [-0.39, 0.29) is 49.5 Å². The number of halogens is 1. The van der Waals surface area contributed by atoms with Gasteiger partial charge in [-0.15, -0.1) is 0 Å². The number of sulfonamides is 1. The van der Waals surface area contributed by atoms with Crippen molar-refractivity contribution in [2.24, 2.45) is 0 Å². The largest absolute Gasteiger partial charge is 0.352 e. The molecule has 0 unspecified atom stereocenters. The van der Waals surface area contributed by atoms with E-state index in [2.05, 4.69) is 5.32 Å². The number of anilines is 1. The van der Waals surface area contributed by atoms with Crippen LogP contribution in [0, 0.1) is 12.7 Å². The van der Waals surface area contributed by atoms with Crippen LogP contribution in [-0.2, 0) is 26.2 Å². The summed E-state index contributed by atoms with van der Waals surface area (Å²) in [5.41, 5.74) is 1.88. The molecule has 1 atom stereocenters. The van der Waals surface area contributed by atoms with E-state index in [4.69, 9.17) is 0 Å². The monoisotopic (exact) mass is 505 g/mol. The van der Waals surface area contributed by atoms with E-state index in [9.17, 15) is 22.4 Å². The predicted octanol–water partition coefficient (Wildman–Crippen LogP) is 4.01. The number of nitrogens with zero attached hydrogens (tertiary/aromatic N) is 2. The summed E-state index contributed by atoms with van der Waals surface area (Å²) in [5, 5.41) is 2.89. The minimum Gasteiger partial charge on any atom is -0.352 e. The summed E-state index contributed by atoms with van der Waals surface area (Å²) < 4.78 is 39.9. The third kappa shape index (κ3) is 8.06. The maximum atomic E-state index is 14.3. The Hall–Kier alpha value is -2.94. The number of carbonyl (C=O) groups is 2. The van der Waals surface area contributed by atoms with Gasteiger partial charge in [-0.2, -0.15) is 0 Å². The average Bonchev–Trinajstić information content (AvgIpc) is 2.77. The van der Waals surface area contributed by atoms with E-state index < -0.39 is 21.9 Å². The van der Waals surface area contributed by atoms with Crippen molar-refractivity contribution >= 4 is 27.5 Å². The number of amides is 2. The third-order valence-electron chi connectivity index (χ3n) is 5.69. The first-order chi connectivity index (χ1) is 16.5. The van der Waals surface area contributed by atoms with Crippen molar-refractivity contribution in [2.45, 2.75) is 65.6 Å². The summed E-state index contributed by atoms with van der Waals surface area (Å²) >= 11 is 0. The molecule has 1 N–H and O–H groups in total. The average molecular weight is 506 g/mol. The van der Waals surface area contributed by atoms with Gasteiger partial charge in [0.15, 0.2) is 0 Å². The lowest BCUT2D eigenvalue weighted by Crippen LogP contribution is -2.50. The fourth-order valence-corrected chi connectivity index (χ4v) is 4.87. The van der Waals surface area contributed by atoms with Gasteiger partial charge in [0.25, 0.3) is 0 Å². The van der Waals surface area contributed by atoms with Gasteiger partial charge < -0.3 is 10.2 Å². The van der Waals surface area contributed by atoms with Crippen LogP contribution in [0.1, 0.15) is 51.2 Å². The van der Waals surface area contributed by atoms with Gasteiger partial charge in [0.05, 0.1) is 11.9 Å². The van der Waals surface area contributed by atoms with Crippen LogP contribution in [-0.4, -0.2) is 50.0 Å². The van der Waals surface area contributed by atoms with E-state index in [0.29, 0.717) is 6.42 Å². The zero-order valence-electron chi connectivity index (χ0n) is 21.1. The van der Waals surface area contributed by atoms with Crippen LogP contribution in [0.5, 0.6) is 0 Å². The van der Waals surface area contributed by atoms with Crippen molar-refractivity contribution in [3.63, 3.8) is 0 Å².